The first-order valence-electron chi connectivity index (χ1n) is 5.22. The Bertz CT molecular complexity index is 448. The van der Waals surface area contributed by atoms with Crippen molar-refractivity contribution < 1.29 is 4.52 Å². The highest BCUT2D eigenvalue weighted by atomic mass is 16.5. The maximum absolute atomic E-state index is 5.43. The van der Waals surface area contributed by atoms with Gasteiger partial charge in [0.25, 0.3) is 0 Å². The van der Waals surface area contributed by atoms with E-state index in [2.05, 4.69) is 20.5 Å². The van der Waals surface area contributed by atoms with Gasteiger partial charge in [0, 0.05) is 19.0 Å². The summed E-state index contributed by atoms with van der Waals surface area (Å²) in [4.78, 5) is 4.19. The predicted molar refractivity (Wildman–Crippen MR) is 55.6 cm³/mol. The van der Waals surface area contributed by atoms with E-state index in [0.717, 1.165) is 18.5 Å². The van der Waals surface area contributed by atoms with E-state index in [4.69, 9.17) is 10.3 Å². The highest BCUT2D eigenvalue weighted by Crippen LogP contribution is 2.01. The smallest absolute Gasteiger partial charge is 0.248 e. The van der Waals surface area contributed by atoms with Gasteiger partial charge in [0.1, 0.15) is 6.54 Å². The normalized spacial score (nSPS) is 10.9. The monoisotopic (exact) mass is 222 g/mol. The van der Waals surface area contributed by atoms with E-state index in [-0.39, 0.29) is 0 Å². The number of aromatic nitrogens is 5. The minimum atomic E-state index is 0.449. The highest BCUT2D eigenvalue weighted by molar-refractivity contribution is 4.94. The molecule has 0 saturated carbocycles. The van der Waals surface area contributed by atoms with Crippen LogP contribution >= 0.6 is 0 Å². The minimum absolute atomic E-state index is 0.449. The third kappa shape index (κ3) is 2.43. The largest absolute Gasteiger partial charge is 0.337 e. The van der Waals surface area contributed by atoms with Crippen molar-refractivity contribution in [3.8, 4) is 0 Å². The molecule has 0 aliphatic heterocycles. The van der Waals surface area contributed by atoms with Crippen LogP contribution in [0.25, 0.3) is 0 Å². The van der Waals surface area contributed by atoms with Gasteiger partial charge < -0.3 is 10.3 Å². The quantitative estimate of drug-likeness (QED) is 0.751. The maximum atomic E-state index is 5.43. The molecule has 0 amide bonds. The molecule has 7 nitrogen and oxygen atoms in total. The Hall–Kier alpha value is -1.76. The molecule has 0 spiro atoms. The topological polar surface area (TPSA) is 95.7 Å². The summed E-state index contributed by atoms with van der Waals surface area (Å²) in [6.07, 6.45) is 3.33. The summed E-state index contributed by atoms with van der Waals surface area (Å²) in [6, 6.07) is 0. The van der Waals surface area contributed by atoms with Crippen LogP contribution in [0.4, 0.5) is 0 Å². The average molecular weight is 222 g/mol. The number of nitrogens with zero attached hydrogens (tertiary/aromatic N) is 5. The van der Waals surface area contributed by atoms with E-state index in [1.54, 1.807) is 4.68 Å². The van der Waals surface area contributed by atoms with Gasteiger partial charge in [0.05, 0.1) is 5.69 Å². The van der Waals surface area contributed by atoms with Crippen molar-refractivity contribution >= 4 is 0 Å². The van der Waals surface area contributed by atoms with Crippen LogP contribution in [0.3, 0.4) is 0 Å². The van der Waals surface area contributed by atoms with Gasteiger partial charge in [-0.15, -0.1) is 5.10 Å². The third-order valence-electron chi connectivity index (χ3n) is 2.11. The second-order valence-electron chi connectivity index (χ2n) is 3.40. The lowest BCUT2D eigenvalue weighted by Crippen LogP contribution is -2.03. The fraction of sp³-hybridized carbons (Fsp3) is 0.556. The number of hydrogen-bond donors (Lipinski definition) is 1. The maximum Gasteiger partial charge on any atom is 0.248 e. The SMILES string of the molecule is CCc1noc(Cn2cc(CCN)nn2)n1. The molecule has 0 aliphatic carbocycles. The number of aryl methyl sites for hydroxylation is 1. The lowest BCUT2D eigenvalue weighted by atomic mass is 10.3. The number of rotatable bonds is 5. The van der Waals surface area contributed by atoms with Gasteiger partial charge in [-0.2, -0.15) is 4.98 Å². The fourth-order valence-corrected chi connectivity index (χ4v) is 1.31. The van der Waals surface area contributed by atoms with E-state index >= 15 is 0 Å². The van der Waals surface area contributed by atoms with Crippen molar-refractivity contribution in [2.24, 2.45) is 5.73 Å². The molecular formula is C9H14N6O. The van der Waals surface area contributed by atoms with Gasteiger partial charge in [-0.3, -0.25) is 0 Å². The zero-order valence-corrected chi connectivity index (χ0v) is 9.13. The van der Waals surface area contributed by atoms with E-state index in [1.807, 2.05) is 13.1 Å². The molecule has 2 rings (SSSR count). The minimum Gasteiger partial charge on any atom is -0.337 e. The van der Waals surface area contributed by atoms with Crippen LogP contribution in [0.1, 0.15) is 24.3 Å². The Labute approximate surface area is 92.6 Å². The third-order valence-corrected chi connectivity index (χ3v) is 2.11. The molecule has 0 fully saturated rings. The van der Waals surface area contributed by atoms with Crippen LogP contribution in [0, 0.1) is 0 Å². The average Bonchev–Trinajstić information content (AvgIpc) is 2.89. The summed E-state index contributed by atoms with van der Waals surface area (Å²) in [6.45, 7) is 2.99. The molecule has 0 aliphatic rings. The van der Waals surface area contributed by atoms with Gasteiger partial charge in [0.15, 0.2) is 5.82 Å². The van der Waals surface area contributed by atoms with Gasteiger partial charge in [-0.25, -0.2) is 4.68 Å². The standard InChI is InChI=1S/C9H14N6O/c1-2-8-11-9(16-13-8)6-15-5-7(3-4-10)12-14-15/h5H,2-4,6,10H2,1H3. The lowest BCUT2D eigenvalue weighted by molar-refractivity contribution is 0.360. The Morgan fingerprint density at radius 3 is 3.06 bits per heavy atom. The van der Waals surface area contributed by atoms with Crippen molar-refractivity contribution in [2.45, 2.75) is 26.3 Å². The van der Waals surface area contributed by atoms with Gasteiger partial charge in [0.2, 0.25) is 5.89 Å². The molecule has 86 valence electrons. The molecular weight excluding hydrogens is 208 g/mol. The number of hydrogen-bond acceptors (Lipinski definition) is 6. The fourth-order valence-electron chi connectivity index (χ4n) is 1.31. The summed E-state index contributed by atoms with van der Waals surface area (Å²) < 4.78 is 6.72. The van der Waals surface area contributed by atoms with Crippen LogP contribution in [0.15, 0.2) is 10.7 Å². The molecule has 0 unspecified atom stereocenters. The van der Waals surface area contributed by atoms with Gasteiger partial charge in [-0.05, 0) is 6.54 Å². The van der Waals surface area contributed by atoms with Gasteiger partial charge >= 0.3 is 0 Å². The predicted octanol–water partition coefficient (Wildman–Crippen LogP) is -0.227. The van der Waals surface area contributed by atoms with Crippen LogP contribution in [0.5, 0.6) is 0 Å². The Morgan fingerprint density at radius 1 is 1.50 bits per heavy atom. The summed E-state index contributed by atoms with van der Waals surface area (Å²) in [5, 5.41) is 11.7. The van der Waals surface area contributed by atoms with Crippen molar-refractivity contribution in [1.82, 2.24) is 25.1 Å². The molecule has 16 heavy (non-hydrogen) atoms. The summed E-state index contributed by atoms with van der Waals surface area (Å²) in [5.41, 5.74) is 6.30. The molecule has 2 heterocycles. The van der Waals surface area contributed by atoms with Crippen molar-refractivity contribution in [2.75, 3.05) is 6.54 Å². The molecule has 0 bridgehead atoms. The molecule has 2 aromatic heterocycles. The van der Waals surface area contributed by atoms with E-state index in [9.17, 15) is 0 Å². The Kier molecular flexibility index (Phi) is 3.25. The van der Waals surface area contributed by atoms with E-state index in [0.29, 0.717) is 24.8 Å². The summed E-state index contributed by atoms with van der Waals surface area (Å²) in [7, 11) is 0. The molecule has 0 saturated heterocycles. The summed E-state index contributed by atoms with van der Waals surface area (Å²) >= 11 is 0. The highest BCUT2D eigenvalue weighted by Gasteiger charge is 2.07. The molecule has 2 N–H and O–H groups in total. The molecule has 2 aromatic rings. The molecule has 0 aromatic carbocycles. The first-order valence-corrected chi connectivity index (χ1v) is 5.22. The Balaban J connectivity index is 2.02. The molecule has 0 radical (unpaired) electrons. The zero-order chi connectivity index (χ0) is 11.4. The van der Waals surface area contributed by atoms with Crippen LogP contribution < -0.4 is 5.73 Å². The molecule has 0 atom stereocenters. The number of nitrogens with two attached hydrogens (primary N) is 1. The second-order valence-corrected chi connectivity index (χ2v) is 3.40. The first-order chi connectivity index (χ1) is 7.81. The molecule has 7 heteroatoms. The van der Waals surface area contributed by atoms with Crippen LogP contribution in [-0.4, -0.2) is 31.7 Å². The zero-order valence-electron chi connectivity index (χ0n) is 9.13. The van der Waals surface area contributed by atoms with Crippen molar-refractivity contribution in [3.63, 3.8) is 0 Å². The van der Waals surface area contributed by atoms with Crippen LogP contribution in [-0.2, 0) is 19.4 Å². The second kappa shape index (κ2) is 4.84. The van der Waals surface area contributed by atoms with Crippen LogP contribution in [0.2, 0.25) is 0 Å². The van der Waals surface area contributed by atoms with Crippen molar-refractivity contribution in [1.29, 1.82) is 0 Å². The Morgan fingerprint density at radius 2 is 2.38 bits per heavy atom. The van der Waals surface area contributed by atoms with Gasteiger partial charge in [-0.1, -0.05) is 17.3 Å². The van der Waals surface area contributed by atoms with E-state index in [1.165, 1.54) is 0 Å². The van der Waals surface area contributed by atoms with E-state index < -0.39 is 0 Å². The summed E-state index contributed by atoms with van der Waals surface area (Å²) in [5.74, 6) is 1.25. The first kappa shape index (κ1) is 10.7. The van der Waals surface area contributed by atoms with Crippen molar-refractivity contribution in [3.05, 3.63) is 23.6 Å². The lowest BCUT2D eigenvalue weighted by Gasteiger charge is -1.92.